The van der Waals surface area contributed by atoms with Gasteiger partial charge in [0.05, 0.1) is 5.69 Å². The lowest BCUT2D eigenvalue weighted by atomic mass is 10.3. The van der Waals surface area contributed by atoms with Gasteiger partial charge in [-0.25, -0.2) is 4.98 Å². The molecule has 0 aliphatic heterocycles. The average Bonchev–Trinajstić information content (AvgIpc) is 2.28. The summed E-state index contributed by atoms with van der Waals surface area (Å²) in [7, 11) is 5.25. The average molecular weight is 223 g/mol. The van der Waals surface area contributed by atoms with Crippen molar-refractivity contribution in [3.05, 3.63) is 18.3 Å². The summed E-state index contributed by atoms with van der Waals surface area (Å²) >= 11 is 0. The molecule has 5 heteroatoms. The molecule has 16 heavy (non-hydrogen) atoms. The number of hydrogen-bond donors (Lipinski definition) is 1. The number of nitrogens with zero attached hydrogens (tertiary/aromatic N) is 2. The Morgan fingerprint density at radius 2 is 2.25 bits per heavy atom. The molecule has 0 bridgehead atoms. The van der Waals surface area contributed by atoms with Crippen molar-refractivity contribution in [1.29, 1.82) is 0 Å². The predicted octanol–water partition coefficient (Wildman–Crippen LogP) is 1.12. The largest absolute Gasteiger partial charge is 0.372 e. The number of ether oxygens (including phenoxy) is 1. The van der Waals surface area contributed by atoms with E-state index < -0.39 is 6.10 Å². The minimum atomic E-state index is -0.477. The fourth-order valence-corrected chi connectivity index (χ4v) is 1.19. The SMILES string of the molecule is CO[C@H](C)C(=O)Nc1cccnc1N(C)C. The second-order valence-corrected chi connectivity index (χ2v) is 3.64. The molecule has 0 saturated heterocycles. The van der Waals surface area contributed by atoms with Gasteiger partial charge < -0.3 is 15.0 Å². The van der Waals surface area contributed by atoms with Crippen LogP contribution in [0.25, 0.3) is 0 Å². The van der Waals surface area contributed by atoms with Gasteiger partial charge in [-0.3, -0.25) is 4.79 Å². The van der Waals surface area contributed by atoms with Crippen molar-refractivity contribution < 1.29 is 9.53 Å². The highest BCUT2D eigenvalue weighted by Crippen LogP contribution is 2.20. The van der Waals surface area contributed by atoms with Crippen LogP contribution in [-0.2, 0) is 9.53 Å². The Bertz CT molecular complexity index is 366. The van der Waals surface area contributed by atoms with Crippen molar-refractivity contribution in [2.45, 2.75) is 13.0 Å². The Morgan fingerprint density at radius 1 is 1.56 bits per heavy atom. The van der Waals surface area contributed by atoms with E-state index in [2.05, 4.69) is 10.3 Å². The molecule has 0 saturated carbocycles. The van der Waals surface area contributed by atoms with Crippen molar-refractivity contribution in [3.8, 4) is 0 Å². The van der Waals surface area contributed by atoms with Crippen molar-refractivity contribution >= 4 is 17.4 Å². The third-order valence-electron chi connectivity index (χ3n) is 2.19. The van der Waals surface area contributed by atoms with Gasteiger partial charge in [0.25, 0.3) is 5.91 Å². The molecule has 5 nitrogen and oxygen atoms in total. The highest BCUT2D eigenvalue weighted by Gasteiger charge is 2.14. The molecule has 1 heterocycles. The summed E-state index contributed by atoms with van der Waals surface area (Å²) < 4.78 is 4.94. The van der Waals surface area contributed by atoms with Crippen LogP contribution < -0.4 is 10.2 Å². The summed E-state index contributed by atoms with van der Waals surface area (Å²) in [6.07, 6.45) is 1.21. The first kappa shape index (κ1) is 12.4. The highest BCUT2D eigenvalue weighted by molar-refractivity contribution is 5.96. The van der Waals surface area contributed by atoms with Gasteiger partial charge in [-0.2, -0.15) is 0 Å². The summed E-state index contributed by atoms with van der Waals surface area (Å²) in [6.45, 7) is 1.70. The van der Waals surface area contributed by atoms with E-state index >= 15 is 0 Å². The topological polar surface area (TPSA) is 54.5 Å². The van der Waals surface area contributed by atoms with Crippen molar-refractivity contribution in [3.63, 3.8) is 0 Å². The monoisotopic (exact) mass is 223 g/mol. The lowest BCUT2D eigenvalue weighted by Crippen LogP contribution is -2.27. The van der Waals surface area contributed by atoms with E-state index in [-0.39, 0.29) is 5.91 Å². The predicted molar refractivity (Wildman–Crippen MR) is 63.7 cm³/mol. The third-order valence-corrected chi connectivity index (χ3v) is 2.19. The summed E-state index contributed by atoms with van der Waals surface area (Å²) in [5, 5.41) is 2.77. The first-order chi connectivity index (χ1) is 7.56. The molecule has 0 radical (unpaired) electrons. The normalized spacial score (nSPS) is 12.0. The standard InChI is InChI=1S/C11H17N3O2/c1-8(16-4)11(15)13-9-6-5-7-12-10(9)14(2)3/h5-8H,1-4H3,(H,13,15)/t8-/m1/s1. The van der Waals surface area contributed by atoms with E-state index in [4.69, 9.17) is 4.74 Å². The van der Waals surface area contributed by atoms with E-state index in [0.29, 0.717) is 5.69 Å². The summed E-state index contributed by atoms with van der Waals surface area (Å²) in [5.74, 6) is 0.540. The van der Waals surface area contributed by atoms with Crippen LogP contribution in [0.3, 0.4) is 0 Å². The smallest absolute Gasteiger partial charge is 0.253 e. The number of rotatable bonds is 4. The molecule has 1 rings (SSSR count). The molecule has 1 aromatic heterocycles. The van der Waals surface area contributed by atoms with E-state index in [1.165, 1.54) is 7.11 Å². The highest BCUT2D eigenvalue weighted by atomic mass is 16.5. The first-order valence-corrected chi connectivity index (χ1v) is 5.02. The zero-order chi connectivity index (χ0) is 12.1. The number of carbonyl (C=O) groups is 1. The van der Waals surface area contributed by atoms with Gasteiger partial charge in [0.1, 0.15) is 6.10 Å². The zero-order valence-corrected chi connectivity index (χ0v) is 10.0. The number of hydrogen-bond acceptors (Lipinski definition) is 4. The maximum atomic E-state index is 11.6. The van der Waals surface area contributed by atoms with Crippen LogP contribution in [0.15, 0.2) is 18.3 Å². The molecular weight excluding hydrogens is 206 g/mol. The van der Waals surface area contributed by atoms with Crippen LogP contribution in [0.2, 0.25) is 0 Å². The molecule has 0 unspecified atom stereocenters. The maximum Gasteiger partial charge on any atom is 0.253 e. The Morgan fingerprint density at radius 3 is 2.81 bits per heavy atom. The molecule has 1 aromatic rings. The number of pyridine rings is 1. The molecule has 0 aliphatic rings. The summed E-state index contributed by atoms with van der Waals surface area (Å²) in [4.78, 5) is 17.7. The zero-order valence-electron chi connectivity index (χ0n) is 10.0. The number of nitrogens with one attached hydrogen (secondary N) is 1. The third kappa shape index (κ3) is 2.93. The Balaban J connectivity index is 2.84. The molecular formula is C11H17N3O2. The van der Waals surface area contributed by atoms with Crippen molar-refractivity contribution in [1.82, 2.24) is 4.98 Å². The Hall–Kier alpha value is -1.62. The minimum absolute atomic E-state index is 0.182. The number of carbonyl (C=O) groups excluding carboxylic acids is 1. The van der Waals surface area contributed by atoms with Gasteiger partial charge in [0.15, 0.2) is 5.82 Å². The molecule has 0 spiro atoms. The van der Waals surface area contributed by atoms with E-state index in [1.54, 1.807) is 19.2 Å². The molecule has 0 fully saturated rings. The van der Waals surface area contributed by atoms with Crippen LogP contribution in [0.5, 0.6) is 0 Å². The number of aromatic nitrogens is 1. The maximum absolute atomic E-state index is 11.6. The number of methoxy groups -OCH3 is 1. The Kier molecular flexibility index (Phi) is 4.25. The van der Waals surface area contributed by atoms with E-state index in [1.807, 2.05) is 25.1 Å². The lowest BCUT2D eigenvalue weighted by molar-refractivity contribution is -0.124. The fourth-order valence-electron chi connectivity index (χ4n) is 1.19. The van der Waals surface area contributed by atoms with Crippen LogP contribution in [-0.4, -0.2) is 38.2 Å². The van der Waals surface area contributed by atoms with Crippen molar-refractivity contribution in [2.75, 3.05) is 31.4 Å². The van der Waals surface area contributed by atoms with E-state index in [9.17, 15) is 4.79 Å². The number of amides is 1. The molecule has 1 atom stereocenters. The molecule has 1 amide bonds. The van der Waals surface area contributed by atoms with Crippen LogP contribution in [0.4, 0.5) is 11.5 Å². The minimum Gasteiger partial charge on any atom is -0.372 e. The lowest BCUT2D eigenvalue weighted by Gasteiger charge is -2.17. The van der Waals surface area contributed by atoms with Gasteiger partial charge in [0, 0.05) is 27.4 Å². The van der Waals surface area contributed by atoms with E-state index in [0.717, 1.165) is 5.82 Å². The first-order valence-electron chi connectivity index (χ1n) is 5.02. The molecule has 1 N–H and O–H groups in total. The molecule has 88 valence electrons. The van der Waals surface area contributed by atoms with Gasteiger partial charge in [-0.15, -0.1) is 0 Å². The summed E-state index contributed by atoms with van der Waals surface area (Å²) in [5.41, 5.74) is 0.682. The van der Waals surface area contributed by atoms with Gasteiger partial charge in [-0.05, 0) is 19.1 Å². The molecule has 0 aliphatic carbocycles. The Labute approximate surface area is 95.4 Å². The summed E-state index contributed by atoms with van der Waals surface area (Å²) in [6, 6.07) is 3.59. The quantitative estimate of drug-likeness (QED) is 0.831. The van der Waals surface area contributed by atoms with Gasteiger partial charge >= 0.3 is 0 Å². The molecule has 0 aromatic carbocycles. The van der Waals surface area contributed by atoms with Gasteiger partial charge in [0.2, 0.25) is 0 Å². The second kappa shape index (κ2) is 5.46. The van der Waals surface area contributed by atoms with Crippen LogP contribution in [0.1, 0.15) is 6.92 Å². The van der Waals surface area contributed by atoms with Crippen LogP contribution >= 0.6 is 0 Å². The second-order valence-electron chi connectivity index (χ2n) is 3.64. The van der Waals surface area contributed by atoms with Gasteiger partial charge in [-0.1, -0.05) is 0 Å². The van der Waals surface area contributed by atoms with Crippen LogP contribution in [0, 0.1) is 0 Å². The van der Waals surface area contributed by atoms with Crippen molar-refractivity contribution in [2.24, 2.45) is 0 Å². The number of anilines is 2. The fraction of sp³-hybridized carbons (Fsp3) is 0.455.